The van der Waals surface area contributed by atoms with Crippen LogP contribution in [0.15, 0.2) is 53.3 Å². The Bertz CT molecular complexity index is 976. The third-order valence-corrected chi connectivity index (χ3v) is 5.67. The zero-order valence-corrected chi connectivity index (χ0v) is 16.3. The molecule has 0 bridgehead atoms. The molecule has 0 aliphatic carbocycles. The van der Waals surface area contributed by atoms with Gasteiger partial charge in [-0.2, -0.15) is 4.68 Å². The smallest absolute Gasteiger partial charge is 0.278 e. The molecule has 146 valence electrons. The number of rotatable bonds is 6. The van der Waals surface area contributed by atoms with Crippen LogP contribution in [-0.2, 0) is 13.1 Å². The van der Waals surface area contributed by atoms with Crippen LogP contribution in [0.4, 0.5) is 0 Å². The van der Waals surface area contributed by atoms with E-state index in [0.29, 0.717) is 17.6 Å². The van der Waals surface area contributed by atoms with Gasteiger partial charge in [0.25, 0.3) is 5.56 Å². The Morgan fingerprint density at radius 1 is 1.07 bits per heavy atom. The Morgan fingerprint density at radius 2 is 1.82 bits per heavy atom. The largest absolute Gasteiger partial charge is 0.497 e. The van der Waals surface area contributed by atoms with E-state index in [9.17, 15) is 4.79 Å². The van der Waals surface area contributed by atoms with Crippen LogP contribution >= 0.6 is 0 Å². The van der Waals surface area contributed by atoms with Crippen molar-refractivity contribution in [1.29, 1.82) is 0 Å². The fourth-order valence-corrected chi connectivity index (χ4v) is 3.88. The molecule has 0 unspecified atom stereocenters. The maximum atomic E-state index is 12.6. The highest BCUT2D eigenvalue weighted by Crippen LogP contribution is 2.23. The number of fused-ring (bicyclic) bond motifs is 1. The van der Waals surface area contributed by atoms with Gasteiger partial charge >= 0.3 is 0 Å². The maximum absolute atomic E-state index is 12.6. The van der Waals surface area contributed by atoms with Crippen molar-refractivity contribution in [2.24, 2.45) is 5.92 Å². The number of nitrogens with zero attached hydrogens (tertiary/aromatic N) is 4. The Morgan fingerprint density at radius 3 is 2.57 bits per heavy atom. The fourth-order valence-electron chi connectivity index (χ4n) is 3.88. The minimum atomic E-state index is -0.0628. The maximum Gasteiger partial charge on any atom is 0.278 e. The van der Waals surface area contributed by atoms with Gasteiger partial charge in [-0.15, -0.1) is 5.10 Å². The molecule has 4 rings (SSSR count). The molecule has 2 aromatic carbocycles. The lowest BCUT2D eigenvalue weighted by Crippen LogP contribution is -2.39. The number of piperidine rings is 1. The molecule has 3 aromatic rings. The van der Waals surface area contributed by atoms with Gasteiger partial charge in [-0.25, -0.2) is 0 Å². The second-order valence-corrected chi connectivity index (χ2v) is 7.50. The first-order valence-corrected chi connectivity index (χ1v) is 9.91. The molecular formula is C22H26N4O2. The number of hydrogen-bond acceptors (Lipinski definition) is 5. The third kappa shape index (κ3) is 4.22. The summed E-state index contributed by atoms with van der Waals surface area (Å²) < 4.78 is 6.70. The highest BCUT2D eigenvalue weighted by Gasteiger charge is 2.20. The highest BCUT2D eigenvalue weighted by molar-refractivity contribution is 5.76. The molecular weight excluding hydrogens is 352 g/mol. The summed E-state index contributed by atoms with van der Waals surface area (Å²) in [6.45, 7) is 2.50. The second kappa shape index (κ2) is 8.52. The zero-order valence-electron chi connectivity index (χ0n) is 16.3. The summed E-state index contributed by atoms with van der Waals surface area (Å²) in [6, 6.07) is 15.7. The number of aromatic nitrogens is 3. The van der Waals surface area contributed by atoms with Crippen molar-refractivity contribution in [2.45, 2.75) is 32.4 Å². The first-order valence-electron chi connectivity index (χ1n) is 9.91. The number of hydrogen-bond donors (Lipinski definition) is 0. The number of methoxy groups -OCH3 is 1. The number of ether oxygens (including phenoxy) is 1. The van der Waals surface area contributed by atoms with Crippen LogP contribution in [0, 0.1) is 5.92 Å². The lowest BCUT2D eigenvalue weighted by Gasteiger charge is -2.31. The fraction of sp³-hybridized carbons (Fsp3) is 0.409. The van der Waals surface area contributed by atoms with Gasteiger partial charge in [-0.1, -0.05) is 29.5 Å². The number of likely N-dealkylation sites (tertiary alicyclic amines) is 1. The topological polar surface area (TPSA) is 60.2 Å². The predicted octanol–water partition coefficient (Wildman–Crippen LogP) is 3.10. The normalized spacial score (nSPS) is 15.8. The van der Waals surface area contributed by atoms with Gasteiger partial charge in [0, 0.05) is 13.1 Å². The molecule has 28 heavy (non-hydrogen) atoms. The van der Waals surface area contributed by atoms with Crippen molar-refractivity contribution in [2.75, 3.05) is 20.2 Å². The molecule has 1 aliphatic rings. The molecule has 0 atom stereocenters. The average molecular weight is 378 g/mol. The van der Waals surface area contributed by atoms with E-state index in [1.54, 1.807) is 7.11 Å². The summed E-state index contributed by atoms with van der Waals surface area (Å²) >= 11 is 0. The van der Waals surface area contributed by atoms with E-state index < -0.39 is 0 Å². The van der Waals surface area contributed by atoms with Gasteiger partial charge in [-0.3, -0.25) is 9.69 Å². The van der Waals surface area contributed by atoms with Crippen LogP contribution in [0.25, 0.3) is 10.9 Å². The van der Waals surface area contributed by atoms with Crippen molar-refractivity contribution in [3.05, 3.63) is 64.4 Å². The van der Waals surface area contributed by atoms with Gasteiger partial charge in [0.1, 0.15) is 11.3 Å². The molecule has 6 heteroatoms. The summed E-state index contributed by atoms with van der Waals surface area (Å²) in [5.41, 5.74) is 1.95. The van der Waals surface area contributed by atoms with Crippen LogP contribution in [0.2, 0.25) is 0 Å². The number of aryl methyl sites for hydroxylation is 1. The quantitative estimate of drug-likeness (QED) is 0.660. The minimum Gasteiger partial charge on any atom is -0.497 e. The molecule has 0 amide bonds. The van der Waals surface area contributed by atoms with Crippen molar-refractivity contribution < 1.29 is 4.74 Å². The Hall–Kier alpha value is -2.73. The summed E-state index contributed by atoms with van der Waals surface area (Å²) in [5, 5.41) is 8.92. The SMILES string of the molecule is COc1ccc(CCC2CCN(Cn3nnc4ccccc4c3=O)CC2)cc1. The van der Waals surface area contributed by atoms with Crippen LogP contribution in [0.5, 0.6) is 5.75 Å². The lowest BCUT2D eigenvalue weighted by molar-refractivity contribution is 0.133. The predicted molar refractivity (Wildman–Crippen MR) is 109 cm³/mol. The Labute approximate surface area is 164 Å². The molecule has 6 nitrogen and oxygen atoms in total. The molecule has 1 saturated heterocycles. The number of benzene rings is 2. The molecule has 0 saturated carbocycles. The zero-order chi connectivity index (χ0) is 19.3. The molecule has 1 aromatic heterocycles. The first kappa shape index (κ1) is 18.6. The standard InChI is InChI=1S/C22H26N4O2/c1-28-19-10-8-17(9-11-19)6-7-18-12-14-25(15-13-18)16-26-22(27)20-4-2-3-5-21(20)23-24-26/h2-5,8-11,18H,6-7,12-16H2,1H3. The van der Waals surface area contributed by atoms with E-state index in [1.165, 1.54) is 16.7 Å². The van der Waals surface area contributed by atoms with Gasteiger partial charge in [0.2, 0.25) is 0 Å². The van der Waals surface area contributed by atoms with Crippen LogP contribution < -0.4 is 10.3 Å². The van der Waals surface area contributed by atoms with Crippen molar-refractivity contribution in [3.63, 3.8) is 0 Å². The second-order valence-electron chi connectivity index (χ2n) is 7.50. The third-order valence-electron chi connectivity index (χ3n) is 5.67. The average Bonchev–Trinajstić information content (AvgIpc) is 2.76. The Balaban J connectivity index is 1.29. The first-order chi connectivity index (χ1) is 13.7. The highest BCUT2D eigenvalue weighted by atomic mass is 16.5. The molecule has 1 fully saturated rings. The summed E-state index contributed by atoms with van der Waals surface area (Å²) in [5.74, 6) is 1.64. The van der Waals surface area contributed by atoms with Gasteiger partial charge in [0.05, 0.1) is 19.2 Å². The minimum absolute atomic E-state index is 0.0628. The summed E-state index contributed by atoms with van der Waals surface area (Å²) in [4.78, 5) is 14.9. The van der Waals surface area contributed by atoms with E-state index in [2.05, 4.69) is 27.3 Å². The molecule has 0 spiro atoms. The van der Waals surface area contributed by atoms with Crippen LogP contribution in [-0.4, -0.2) is 40.1 Å². The van der Waals surface area contributed by atoms with Crippen LogP contribution in [0.3, 0.4) is 0 Å². The molecule has 0 radical (unpaired) electrons. The monoisotopic (exact) mass is 378 g/mol. The Kier molecular flexibility index (Phi) is 5.67. The van der Waals surface area contributed by atoms with E-state index in [-0.39, 0.29) is 5.56 Å². The van der Waals surface area contributed by atoms with E-state index in [0.717, 1.165) is 44.0 Å². The van der Waals surface area contributed by atoms with Crippen molar-refractivity contribution >= 4 is 10.9 Å². The van der Waals surface area contributed by atoms with Crippen LogP contribution in [0.1, 0.15) is 24.8 Å². The lowest BCUT2D eigenvalue weighted by atomic mass is 9.91. The molecule has 0 N–H and O–H groups in total. The molecule has 2 heterocycles. The van der Waals surface area contributed by atoms with Crippen molar-refractivity contribution in [3.8, 4) is 5.75 Å². The van der Waals surface area contributed by atoms with Gasteiger partial charge in [0.15, 0.2) is 0 Å². The van der Waals surface area contributed by atoms with Gasteiger partial charge < -0.3 is 4.74 Å². The molecule has 1 aliphatic heterocycles. The summed E-state index contributed by atoms with van der Waals surface area (Å²) in [6.07, 6.45) is 4.62. The van der Waals surface area contributed by atoms with E-state index in [1.807, 2.05) is 36.4 Å². The van der Waals surface area contributed by atoms with E-state index in [4.69, 9.17) is 4.74 Å². The summed E-state index contributed by atoms with van der Waals surface area (Å²) in [7, 11) is 1.69. The van der Waals surface area contributed by atoms with E-state index >= 15 is 0 Å². The van der Waals surface area contributed by atoms with Crippen molar-refractivity contribution in [1.82, 2.24) is 19.9 Å². The van der Waals surface area contributed by atoms with Gasteiger partial charge in [-0.05, 0) is 61.4 Å².